The normalized spacial score (nSPS) is 12.7. The molecule has 0 fully saturated rings. The third kappa shape index (κ3) is 2.44. The first-order valence-corrected chi connectivity index (χ1v) is 6.19. The van der Waals surface area contributed by atoms with Crippen LogP contribution in [-0.4, -0.2) is 0 Å². The summed E-state index contributed by atoms with van der Waals surface area (Å²) in [4.78, 5) is 0. The molecule has 17 heavy (non-hydrogen) atoms. The van der Waals surface area contributed by atoms with E-state index >= 15 is 0 Å². The Morgan fingerprint density at radius 3 is 2.41 bits per heavy atom. The topological polar surface area (TPSA) is 51.2 Å². The Morgan fingerprint density at radius 1 is 1.29 bits per heavy atom. The van der Waals surface area contributed by atoms with Crippen LogP contribution >= 0.6 is 15.9 Å². The van der Waals surface area contributed by atoms with Gasteiger partial charge in [0.05, 0.1) is 6.26 Å². The second-order valence-electron chi connectivity index (χ2n) is 4.08. The van der Waals surface area contributed by atoms with E-state index in [2.05, 4.69) is 47.3 Å². The van der Waals surface area contributed by atoms with Crippen LogP contribution in [0.1, 0.15) is 28.5 Å². The Bertz CT molecular complexity index is 485. The smallest absolute Gasteiger partial charge is 0.126 e. The molecule has 0 aliphatic carbocycles. The standard InChI is InChI=1S/C13H15BrN2O/c1-8-6-10(7-9(2)12(8)14)13(16-15)11-4-3-5-17-11/h3-7,13,16H,15H2,1-2H3. The maximum absolute atomic E-state index is 5.61. The van der Waals surface area contributed by atoms with E-state index in [0.717, 1.165) is 15.8 Å². The van der Waals surface area contributed by atoms with Gasteiger partial charge in [-0.3, -0.25) is 5.84 Å². The SMILES string of the molecule is Cc1cc(C(NN)c2ccco2)cc(C)c1Br. The Hall–Kier alpha value is -1.10. The molecule has 2 aromatic rings. The lowest BCUT2D eigenvalue weighted by molar-refractivity contribution is 0.452. The lowest BCUT2D eigenvalue weighted by Crippen LogP contribution is -2.28. The van der Waals surface area contributed by atoms with Crippen molar-refractivity contribution in [3.8, 4) is 0 Å². The quantitative estimate of drug-likeness (QED) is 0.675. The van der Waals surface area contributed by atoms with E-state index in [4.69, 9.17) is 10.3 Å². The van der Waals surface area contributed by atoms with Gasteiger partial charge in [-0.15, -0.1) is 0 Å². The molecule has 90 valence electrons. The van der Waals surface area contributed by atoms with Crippen LogP contribution in [0.4, 0.5) is 0 Å². The third-order valence-electron chi connectivity index (χ3n) is 2.79. The molecule has 0 spiro atoms. The van der Waals surface area contributed by atoms with Crippen LogP contribution in [0, 0.1) is 13.8 Å². The van der Waals surface area contributed by atoms with Crippen molar-refractivity contribution in [3.63, 3.8) is 0 Å². The van der Waals surface area contributed by atoms with Crippen LogP contribution in [0.3, 0.4) is 0 Å². The Kier molecular flexibility index (Phi) is 3.66. The average molecular weight is 295 g/mol. The highest BCUT2D eigenvalue weighted by Gasteiger charge is 2.16. The molecule has 1 atom stereocenters. The summed E-state index contributed by atoms with van der Waals surface area (Å²) in [5.74, 6) is 6.43. The largest absolute Gasteiger partial charge is 0.467 e. The Balaban J connectivity index is 2.45. The van der Waals surface area contributed by atoms with Gasteiger partial charge < -0.3 is 4.42 Å². The highest BCUT2D eigenvalue weighted by atomic mass is 79.9. The van der Waals surface area contributed by atoms with Gasteiger partial charge in [0.2, 0.25) is 0 Å². The van der Waals surface area contributed by atoms with Gasteiger partial charge in [-0.1, -0.05) is 28.1 Å². The van der Waals surface area contributed by atoms with Crippen molar-refractivity contribution in [1.29, 1.82) is 0 Å². The van der Waals surface area contributed by atoms with Crippen molar-refractivity contribution < 1.29 is 4.42 Å². The summed E-state index contributed by atoms with van der Waals surface area (Å²) >= 11 is 3.56. The first-order valence-electron chi connectivity index (χ1n) is 5.39. The van der Waals surface area contributed by atoms with E-state index in [0.29, 0.717) is 0 Å². The molecule has 0 bridgehead atoms. The van der Waals surface area contributed by atoms with Crippen molar-refractivity contribution in [2.24, 2.45) is 5.84 Å². The molecule has 1 aromatic heterocycles. The van der Waals surface area contributed by atoms with Crippen molar-refractivity contribution in [2.45, 2.75) is 19.9 Å². The van der Waals surface area contributed by atoms with E-state index in [1.165, 1.54) is 11.1 Å². The van der Waals surface area contributed by atoms with E-state index in [1.54, 1.807) is 6.26 Å². The molecular weight excluding hydrogens is 280 g/mol. The van der Waals surface area contributed by atoms with Crippen LogP contribution in [-0.2, 0) is 0 Å². The molecule has 0 aliphatic heterocycles. The molecular formula is C13H15BrN2O. The number of halogens is 1. The van der Waals surface area contributed by atoms with Crippen LogP contribution in [0.2, 0.25) is 0 Å². The fourth-order valence-corrected chi connectivity index (χ4v) is 2.17. The second-order valence-corrected chi connectivity index (χ2v) is 4.88. The first-order chi connectivity index (χ1) is 8.13. The molecule has 4 heteroatoms. The molecule has 1 heterocycles. The van der Waals surface area contributed by atoms with Gasteiger partial charge in [-0.2, -0.15) is 0 Å². The monoisotopic (exact) mass is 294 g/mol. The van der Waals surface area contributed by atoms with Crippen molar-refractivity contribution in [3.05, 3.63) is 57.5 Å². The van der Waals surface area contributed by atoms with Gasteiger partial charge in [0, 0.05) is 4.47 Å². The van der Waals surface area contributed by atoms with Crippen LogP contribution in [0.15, 0.2) is 39.4 Å². The zero-order valence-corrected chi connectivity index (χ0v) is 11.4. The molecule has 2 rings (SSSR count). The van der Waals surface area contributed by atoms with Crippen molar-refractivity contribution in [2.75, 3.05) is 0 Å². The maximum atomic E-state index is 5.61. The lowest BCUT2D eigenvalue weighted by Gasteiger charge is -2.16. The third-order valence-corrected chi connectivity index (χ3v) is 4.04. The average Bonchev–Trinajstić information content (AvgIpc) is 2.80. The Labute approximate surface area is 109 Å². The summed E-state index contributed by atoms with van der Waals surface area (Å²) in [6.45, 7) is 4.13. The minimum Gasteiger partial charge on any atom is -0.467 e. The van der Waals surface area contributed by atoms with Crippen molar-refractivity contribution >= 4 is 15.9 Å². The number of aryl methyl sites for hydroxylation is 2. The second kappa shape index (κ2) is 5.04. The number of rotatable bonds is 3. The summed E-state index contributed by atoms with van der Waals surface area (Å²) in [6, 6.07) is 7.86. The minimum atomic E-state index is -0.115. The Morgan fingerprint density at radius 2 is 1.94 bits per heavy atom. The highest BCUT2D eigenvalue weighted by molar-refractivity contribution is 9.10. The molecule has 0 amide bonds. The lowest BCUT2D eigenvalue weighted by atomic mass is 10.0. The van der Waals surface area contributed by atoms with Gasteiger partial charge >= 0.3 is 0 Å². The number of hydrogen-bond acceptors (Lipinski definition) is 3. The van der Waals surface area contributed by atoms with E-state index in [-0.39, 0.29) is 6.04 Å². The fraction of sp³-hybridized carbons (Fsp3) is 0.231. The molecule has 3 N–H and O–H groups in total. The molecule has 0 radical (unpaired) electrons. The summed E-state index contributed by atoms with van der Waals surface area (Å²) in [7, 11) is 0. The first kappa shape index (κ1) is 12.4. The van der Waals surface area contributed by atoms with E-state index < -0.39 is 0 Å². The van der Waals surface area contributed by atoms with Gasteiger partial charge in [-0.25, -0.2) is 5.43 Å². The van der Waals surface area contributed by atoms with Crippen LogP contribution in [0.25, 0.3) is 0 Å². The number of nitrogens with one attached hydrogen (secondary N) is 1. The summed E-state index contributed by atoms with van der Waals surface area (Å²) in [5, 5.41) is 0. The molecule has 0 aliphatic rings. The minimum absolute atomic E-state index is 0.115. The summed E-state index contributed by atoms with van der Waals surface area (Å²) in [5.41, 5.74) is 6.26. The number of nitrogens with two attached hydrogens (primary N) is 1. The zero-order chi connectivity index (χ0) is 12.4. The number of benzene rings is 1. The maximum Gasteiger partial charge on any atom is 0.126 e. The number of hydrazine groups is 1. The summed E-state index contributed by atoms with van der Waals surface area (Å²) in [6.07, 6.45) is 1.65. The number of hydrogen-bond donors (Lipinski definition) is 2. The van der Waals surface area contributed by atoms with Gasteiger partial charge in [0.15, 0.2) is 0 Å². The van der Waals surface area contributed by atoms with Crippen molar-refractivity contribution in [1.82, 2.24) is 5.43 Å². The predicted octanol–water partition coefficient (Wildman–Crippen LogP) is 3.21. The highest BCUT2D eigenvalue weighted by Crippen LogP contribution is 2.28. The fourth-order valence-electron chi connectivity index (χ4n) is 1.94. The predicted molar refractivity (Wildman–Crippen MR) is 71.5 cm³/mol. The summed E-state index contributed by atoms with van der Waals surface area (Å²) < 4.78 is 6.53. The van der Waals surface area contributed by atoms with E-state index in [9.17, 15) is 0 Å². The van der Waals surface area contributed by atoms with Gasteiger partial charge in [0.1, 0.15) is 11.8 Å². The van der Waals surface area contributed by atoms with Gasteiger partial charge in [0.25, 0.3) is 0 Å². The molecule has 0 saturated carbocycles. The van der Waals surface area contributed by atoms with Crippen LogP contribution < -0.4 is 11.3 Å². The molecule has 0 saturated heterocycles. The molecule has 3 nitrogen and oxygen atoms in total. The van der Waals surface area contributed by atoms with E-state index in [1.807, 2.05) is 12.1 Å². The number of furan rings is 1. The molecule has 1 aromatic carbocycles. The van der Waals surface area contributed by atoms with Gasteiger partial charge in [-0.05, 0) is 42.7 Å². The zero-order valence-electron chi connectivity index (χ0n) is 9.83. The van der Waals surface area contributed by atoms with Crippen LogP contribution in [0.5, 0.6) is 0 Å². The molecule has 1 unspecified atom stereocenters.